The summed E-state index contributed by atoms with van der Waals surface area (Å²) in [6.45, 7) is 6.07. The minimum Gasteiger partial charge on any atom is -0.392 e. The predicted molar refractivity (Wildman–Crippen MR) is 106 cm³/mol. The van der Waals surface area contributed by atoms with Crippen molar-refractivity contribution in [1.29, 1.82) is 0 Å². The number of hydrogen-bond donors (Lipinski definition) is 2. The van der Waals surface area contributed by atoms with E-state index in [1.165, 1.54) is 38.5 Å². The van der Waals surface area contributed by atoms with E-state index in [-0.39, 0.29) is 11.5 Å². The lowest BCUT2D eigenvalue weighted by Crippen LogP contribution is -2.58. The third-order valence-electron chi connectivity index (χ3n) is 10.2. The summed E-state index contributed by atoms with van der Waals surface area (Å²) < 4.78 is 0. The first-order chi connectivity index (χ1) is 12.4. The molecule has 1 aliphatic heterocycles. The summed E-state index contributed by atoms with van der Waals surface area (Å²) in [5.74, 6) is 2.96. The molecular formula is C23H38N2O. The summed E-state index contributed by atoms with van der Waals surface area (Å²) >= 11 is 0. The number of nitrogens with one attached hydrogen (secondary N) is 1. The second-order valence-corrected chi connectivity index (χ2v) is 10.7. The van der Waals surface area contributed by atoms with Crippen molar-refractivity contribution in [1.82, 2.24) is 10.2 Å². The monoisotopic (exact) mass is 358 g/mol. The predicted octanol–water partition coefficient (Wildman–Crippen LogP) is 3.44. The van der Waals surface area contributed by atoms with Gasteiger partial charge in [0.2, 0.25) is 0 Å². The van der Waals surface area contributed by atoms with E-state index in [0.717, 1.165) is 24.8 Å². The van der Waals surface area contributed by atoms with Crippen molar-refractivity contribution in [3.63, 3.8) is 0 Å². The smallest absolute Gasteiger partial charge is 0.0617 e. The highest BCUT2D eigenvalue weighted by atomic mass is 16.3. The van der Waals surface area contributed by atoms with Gasteiger partial charge >= 0.3 is 0 Å². The molecule has 0 bridgehead atoms. The molecule has 1 saturated heterocycles. The highest BCUT2D eigenvalue weighted by Gasteiger charge is 2.67. The van der Waals surface area contributed by atoms with Crippen LogP contribution in [0.2, 0.25) is 0 Å². The Kier molecular flexibility index (Phi) is 3.96. The molecule has 0 aromatic carbocycles. The maximum absolute atomic E-state index is 11.6. The molecule has 0 unspecified atom stereocenters. The van der Waals surface area contributed by atoms with Crippen LogP contribution in [0.15, 0.2) is 11.6 Å². The molecule has 9 atom stereocenters. The SMILES string of the molecule is CN[C@H]1CC[C@@]2(C)C(=CC[C@@H]3[C@H]2C[C@@H](O)[C@]24CN(C)[C@@H](C)[C@H]2CC[C@@H]34)C1. The number of hydrogen-bond acceptors (Lipinski definition) is 3. The molecule has 0 amide bonds. The largest absolute Gasteiger partial charge is 0.392 e. The number of likely N-dealkylation sites (tertiary alicyclic amines) is 1. The summed E-state index contributed by atoms with van der Waals surface area (Å²) in [7, 11) is 4.40. The molecule has 3 nitrogen and oxygen atoms in total. The Morgan fingerprint density at radius 2 is 1.96 bits per heavy atom. The molecule has 0 aromatic rings. The zero-order valence-corrected chi connectivity index (χ0v) is 17.2. The normalized spacial score (nSPS) is 56.3. The molecular weight excluding hydrogens is 320 g/mol. The molecule has 4 aliphatic carbocycles. The van der Waals surface area contributed by atoms with E-state index in [0.29, 0.717) is 29.3 Å². The fraction of sp³-hybridized carbons (Fsp3) is 0.913. The van der Waals surface area contributed by atoms with Crippen molar-refractivity contribution in [2.75, 3.05) is 20.6 Å². The number of rotatable bonds is 1. The number of aliphatic hydroxyl groups is 1. The fourth-order valence-corrected chi connectivity index (χ4v) is 8.67. The summed E-state index contributed by atoms with van der Waals surface area (Å²) in [6, 6.07) is 1.30. The number of aliphatic hydroxyl groups excluding tert-OH is 1. The lowest BCUT2D eigenvalue weighted by Gasteiger charge is -2.59. The van der Waals surface area contributed by atoms with Crippen molar-refractivity contribution in [2.45, 2.75) is 77.0 Å². The van der Waals surface area contributed by atoms with Crippen LogP contribution in [-0.4, -0.2) is 48.8 Å². The quantitative estimate of drug-likeness (QED) is 0.705. The molecule has 5 rings (SSSR count). The number of fused-ring (bicyclic) bond motifs is 4. The zero-order chi connectivity index (χ0) is 18.3. The van der Waals surface area contributed by atoms with Crippen LogP contribution in [0.1, 0.15) is 58.8 Å². The van der Waals surface area contributed by atoms with Crippen LogP contribution in [0.4, 0.5) is 0 Å². The topological polar surface area (TPSA) is 35.5 Å². The second kappa shape index (κ2) is 5.81. The Morgan fingerprint density at radius 3 is 2.73 bits per heavy atom. The first-order valence-electron chi connectivity index (χ1n) is 11.2. The zero-order valence-electron chi connectivity index (χ0n) is 17.2. The van der Waals surface area contributed by atoms with Crippen LogP contribution >= 0.6 is 0 Å². The highest BCUT2D eigenvalue weighted by molar-refractivity contribution is 5.27. The number of nitrogens with zero attached hydrogens (tertiary/aromatic N) is 1. The maximum atomic E-state index is 11.6. The van der Waals surface area contributed by atoms with Gasteiger partial charge < -0.3 is 15.3 Å². The van der Waals surface area contributed by atoms with Crippen molar-refractivity contribution >= 4 is 0 Å². The Balaban J connectivity index is 1.50. The Bertz CT molecular complexity index is 617. The molecule has 4 fully saturated rings. The summed E-state index contributed by atoms with van der Waals surface area (Å²) in [5, 5.41) is 15.1. The van der Waals surface area contributed by atoms with Crippen LogP contribution in [0, 0.1) is 34.5 Å². The van der Waals surface area contributed by atoms with E-state index < -0.39 is 0 Å². The van der Waals surface area contributed by atoms with Gasteiger partial charge in [0.1, 0.15) is 0 Å². The van der Waals surface area contributed by atoms with Gasteiger partial charge in [-0.3, -0.25) is 0 Å². The molecule has 146 valence electrons. The summed E-state index contributed by atoms with van der Waals surface area (Å²) in [5.41, 5.74) is 2.24. The van der Waals surface area contributed by atoms with Crippen LogP contribution in [0.5, 0.6) is 0 Å². The fourth-order valence-electron chi connectivity index (χ4n) is 8.67. The van der Waals surface area contributed by atoms with Crippen LogP contribution < -0.4 is 5.32 Å². The third-order valence-corrected chi connectivity index (χ3v) is 10.2. The van der Waals surface area contributed by atoms with E-state index in [1.807, 2.05) is 0 Å². The van der Waals surface area contributed by atoms with Crippen LogP contribution in [0.25, 0.3) is 0 Å². The lowest BCUT2D eigenvalue weighted by atomic mass is 9.46. The molecule has 3 saturated carbocycles. The van der Waals surface area contributed by atoms with E-state index in [4.69, 9.17) is 0 Å². The van der Waals surface area contributed by atoms with Gasteiger partial charge in [0.15, 0.2) is 0 Å². The van der Waals surface area contributed by atoms with Gasteiger partial charge in [0, 0.05) is 24.0 Å². The standard InChI is InChI=1S/C23H38N2O/c1-14-18-7-8-19-17-6-5-15-11-16(24-3)9-10-22(15,2)20(17)12-21(26)23(18,19)13-25(14)4/h5,14,16-21,24,26H,6-13H2,1-4H3/t14-,16-,17-,18+,19-,20+,21+,22-,23+/m0/s1. The minimum absolute atomic E-state index is 0.0909. The average Bonchev–Trinajstić information content (AvgIpc) is 3.12. The Morgan fingerprint density at radius 1 is 1.19 bits per heavy atom. The molecule has 26 heavy (non-hydrogen) atoms. The van der Waals surface area contributed by atoms with Gasteiger partial charge in [-0.25, -0.2) is 0 Å². The molecule has 0 radical (unpaired) electrons. The molecule has 2 N–H and O–H groups in total. The first kappa shape index (κ1) is 17.7. The van der Waals surface area contributed by atoms with Crippen LogP contribution in [-0.2, 0) is 0 Å². The molecule has 1 heterocycles. The van der Waals surface area contributed by atoms with Gasteiger partial charge in [-0.05, 0) is 95.1 Å². The van der Waals surface area contributed by atoms with Crippen molar-refractivity contribution < 1.29 is 5.11 Å². The van der Waals surface area contributed by atoms with Gasteiger partial charge in [-0.15, -0.1) is 0 Å². The van der Waals surface area contributed by atoms with Gasteiger partial charge in [-0.1, -0.05) is 18.6 Å². The summed E-state index contributed by atoms with van der Waals surface area (Å²) in [6.07, 6.45) is 11.4. The second-order valence-electron chi connectivity index (χ2n) is 10.7. The summed E-state index contributed by atoms with van der Waals surface area (Å²) in [4.78, 5) is 2.55. The minimum atomic E-state index is -0.0909. The Hall–Kier alpha value is -0.380. The lowest BCUT2D eigenvalue weighted by molar-refractivity contribution is -0.125. The average molecular weight is 359 g/mol. The number of allylic oxidation sites excluding steroid dienone is 1. The van der Waals surface area contributed by atoms with Crippen molar-refractivity contribution in [3.05, 3.63) is 11.6 Å². The highest BCUT2D eigenvalue weighted by Crippen LogP contribution is 2.68. The maximum Gasteiger partial charge on any atom is 0.0617 e. The first-order valence-corrected chi connectivity index (χ1v) is 11.2. The third kappa shape index (κ3) is 2.06. The van der Waals surface area contributed by atoms with Gasteiger partial charge in [0.25, 0.3) is 0 Å². The van der Waals surface area contributed by atoms with E-state index in [9.17, 15) is 5.11 Å². The van der Waals surface area contributed by atoms with Crippen molar-refractivity contribution in [2.24, 2.45) is 34.5 Å². The molecule has 3 heteroatoms. The van der Waals surface area contributed by atoms with Gasteiger partial charge in [-0.2, -0.15) is 0 Å². The van der Waals surface area contributed by atoms with Gasteiger partial charge in [0.05, 0.1) is 6.10 Å². The van der Waals surface area contributed by atoms with Crippen molar-refractivity contribution in [3.8, 4) is 0 Å². The Labute approximate surface area is 159 Å². The molecule has 5 aliphatic rings. The molecule has 1 spiro atoms. The molecule has 0 aromatic heterocycles. The van der Waals surface area contributed by atoms with E-state index in [1.54, 1.807) is 5.57 Å². The van der Waals surface area contributed by atoms with Crippen LogP contribution in [0.3, 0.4) is 0 Å². The van der Waals surface area contributed by atoms with E-state index >= 15 is 0 Å². The van der Waals surface area contributed by atoms with E-state index in [2.05, 4.69) is 44.2 Å².